The van der Waals surface area contributed by atoms with Gasteiger partial charge in [-0.3, -0.25) is 0 Å². The fraction of sp³-hybridized carbons (Fsp3) is 0.688. The molecule has 4 nitrogen and oxygen atoms in total. The molecular weight excluding hydrogens is 286 g/mol. The summed E-state index contributed by atoms with van der Waals surface area (Å²) >= 11 is 0. The normalized spacial score (nSPS) is 24.0. The molecule has 2 aliphatic carbocycles. The summed E-state index contributed by atoms with van der Waals surface area (Å²) in [5.41, 5.74) is 1.34. The first kappa shape index (κ1) is 14.8. The molecule has 0 aromatic carbocycles. The highest BCUT2D eigenvalue weighted by Gasteiger charge is 2.46. The maximum Gasteiger partial charge on any atom is 0.232 e. The molecular formula is C16H23NO3S. The zero-order chi connectivity index (χ0) is 15.1. The Balaban J connectivity index is 1.82. The van der Waals surface area contributed by atoms with Crippen LogP contribution in [0.3, 0.4) is 0 Å². The lowest BCUT2D eigenvalue weighted by molar-refractivity contribution is 0.264. The van der Waals surface area contributed by atoms with Gasteiger partial charge in [0.1, 0.15) is 4.90 Å². The maximum absolute atomic E-state index is 12.7. The zero-order valence-corrected chi connectivity index (χ0v) is 13.6. The molecule has 2 aliphatic rings. The van der Waals surface area contributed by atoms with E-state index in [1.807, 2.05) is 6.92 Å². The molecule has 1 aromatic rings. The van der Waals surface area contributed by atoms with Gasteiger partial charge in [-0.2, -0.15) is 0 Å². The Morgan fingerprint density at radius 3 is 2.81 bits per heavy atom. The molecule has 2 fully saturated rings. The van der Waals surface area contributed by atoms with Crippen LogP contribution in [-0.4, -0.2) is 26.3 Å². The van der Waals surface area contributed by atoms with Gasteiger partial charge in [-0.05, 0) is 62.0 Å². The highest BCUT2D eigenvalue weighted by Crippen LogP contribution is 2.57. The molecule has 0 N–H and O–H groups in total. The summed E-state index contributed by atoms with van der Waals surface area (Å²) < 4.78 is 30.6. The van der Waals surface area contributed by atoms with Crippen molar-refractivity contribution in [1.82, 2.24) is 4.98 Å². The van der Waals surface area contributed by atoms with Crippen molar-refractivity contribution in [2.45, 2.75) is 50.3 Å². The van der Waals surface area contributed by atoms with Crippen molar-refractivity contribution < 1.29 is 13.2 Å². The number of nitrogens with zero attached hydrogens (tertiary/aromatic N) is 1. The van der Waals surface area contributed by atoms with E-state index in [1.54, 1.807) is 12.3 Å². The van der Waals surface area contributed by atoms with Crippen molar-refractivity contribution in [2.75, 3.05) is 12.9 Å². The van der Waals surface area contributed by atoms with Gasteiger partial charge in [0, 0.05) is 6.20 Å². The minimum absolute atomic E-state index is 0.220. The van der Waals surface area contributed by atoms with Crippen molar-refractivity contribution in [3.63, 3.8) is 0 Å². The van der Waals surface area contributed by atoms with E-state index in [0.717, 1.165) is 18.4 Å². The molecule has 2 saturated carbocycles. The van der Waals surface area contributed by atoms with Crippen molar-refractivity contribution in [1.29, 1.82) is 0 Å². The molecule has 1 atom stereocenters. The standard InChI is InChI=1S/C16H23NO3S/c1-12-8-14(15(20-2)17-10-12)21(18,19)11-13-4-3-5-16(9-13)6-7-16/h8,10,13H,3-7,9,11H2,1-2H3. The maximum atomic E-state index is 12.7. The van der Waals surface area contributed by atoms with E-state index in [2.05, 4.69) is 4.98 Å². The van der Waals surface area contributed by atoms with Gasteiger partial charge in [-0.1, -0.05) is 6.42 Å². The van der Waals surface area contributed by atoms with E-state index < -0.39 is 9.84 Å². The zero-order valence-electron chi connectivity index (χ0n) is 12.8. The molecule has 0 amide bonds. The molecule has 21 heavy (non-hydrogen) atoms. The molecule has 1 heterocycles. The molecule has 0 bridgehead atoms. The SMILES string of the molecule is COc1ncc(C)cc1S(=O)(=O)CC1CCCC2(CC2)C1. The topological polar surface area (TPSA) is 56.3 Å². The number of hydrogen-bond donors (Lipinski definition) is 0. The van der Waals surface area contributed by atoms with Gasteiger partial charge in [-0.25, -0.2) is 13.4 Å². The van der Waals surface area contributed by atoms with Crippen LogP contribution in [0.5, 0.6) is 5.88 Å². The van der Waals surface area contributed by atoms with E-state index in [9.17, 15) is 8.42 Å². The minimum atomic E-state index is -3.34. The van der Waals surface area contributed by atoms with Crippen molar-refractivity contribution in [3.05, 3.63) is 17.8 Å². The summed E-state index contributed by atoms with van der Waals surface area (Å²) in [6.07, 6.45) is 8.79. The number of sulfone groups is 1. The molecule has 1 unspecified atom stereocenters. The smallest absolute Gasteiger partial charge is 0.232 e. The quantitative estimate of drug-likeness (QED) is 0.857. The first-order chi connectivity index (χ1) is 9.94. The van der Waals surface area contributed by atoms with Crippen LogP contribution in [0.1, 0.15) is 44.1 Å². The van der Waals surface area contributed by atoms with E-state index in [4.69, 9.17) is 4.74 Å². The molecule has 116 valence electrons. The van der Waals surface area contributed by atoms with Crippen molar-refractivity contribution >= 4 is 9.84 Å². The van der Waals surface area contributed by atoms with Gasteiger partial charge in [0.05, 0.1) is 12.9 Å². The van der Waals surface area contributed by atoms with Crippen LogP contribution in [0, 0.1) is 18.3 Å². The van der Waals surface area contributed by atoms with Crippen LogP contribution in [0.4, 0.5) is 0 Å². The Hall–Kier alpha value is -1.10. The summed E-state index contributed by atoms with van der Waals surface area (Å²) in [5, 5.41) is 0. The van der Waals surface area contributed by atoms with Crippen LogP contribution >= 0.6 is 0 Å². The number of rotatable bonds is 4. The minimum Gasteiger partial charge on any atom is -0.480 e. The molecule has 0 radical (unpaired) electrons. The lowest BCUT2D eigenvalue weighted by Gasteiger charge is -2.29. The number of pyridine rings is 1. The highest BCUT2D eigenvalue weighted by atomic mass is 32.2. The summed E-state index contributed by atoms with van der Waals surface area (Å²) in [6, 6.07) is 1.68. The third kappa shape index (κ3) is 3.07. The first-order valence-electron chi connectivity index (χ1n) is 7.68. The van der Waals surface area contributed by atoms with Gasteiger partial charge in [0.2, 0.25) is 5.88 Å². The Labute approximate surface area is 126 Å². The number of aromatic nitrogens is 1. The lowest BCUT2D eigenvalue weighted by atomic mass is 9.80. The second-order valence-electron chi connectivity index (χ2n) is 6.76. The Morgan fingerprint density at radius 2 is 2.14 bits per heavy atom. The average Bonchev–Trinajstić information content (AvgIpc) is 3.17. The monoisotopic (exact) mass is 309 g/mol. The predicted octanol–water partition coefficient (Wildman–Crippen LogP) is 3.14. The third-order valence-electron chi connectivity index (χ3n) is 4.94. The fourth-order valence-corrected chi connectivity index (χ4v) is 5.51. The Bertz CT molecular complexity index is 635. The van der Waals surface area contributed by atoms with Gasteiger partial charge in [0.25, 0.3) is 0 Å². The van der Waals surface area contributed by atoms with Crippen molar-refractivity contribution in [3.8, 4) is 5.88 Å². The third-order valence-corrected chi connectivity index (χ3v) is 6.81. The molecule has 1 spiro atoms. The first-order valence-corrected chi connectivity index (χ1v) is 9.33. The molecule has 0 aliphatic heterocycles. The summed E-state index contributed by atoms with van der Waals surface area (Å²) in [6.45, 7) is 1.85. The van der Waals surface area contributed by atoms with E-state index >= 15 is 0 Å². The fourth-order valence-electron chi connectivity index (χ4n) is 3.66. The highest BCUT2D eigenvalue weighted by molar-refractivity contribution is 7.91. The Morgan fingerprint density at radius 1 is 1.38 bits per heavy atom. The van der Waals surface area contributed by atoms with Crippen LogP contribution in [0.15, 0.2) is 17.2 Å². The van der Waals surface area contributed by atoms with E-state index in [-0.39, 0.29) is 22.4 Å². The van der Waals surface area contributed by atoms with E-state index in [1.165, 1.54) is 32.8 Å². The van der Waals surface area contributed by atoms with Gasteiger partial charge in [0.15, 0.2) is 9.84 Å². The predicted molar refractivity (Wildman–Crippen MR) is 81.2 cm³/mol. The van der Waals surface area contributed by atoms with Gasteiger partial charge >= 0.3 is 0 Å². The number of hydrogen-bond acceptors (Lipinski definition) is 4. The molecule has 1 aromatic heterocycles. The summed E-state index contributed by atoms with van der Waals surface area (Å²) in [4.78, 5) is 4.35. The second-order valence-corrected chi connectivity index (χ2v) is 8.77. The van der Waals surface area contributed by atoms with Crippen LogP contribution in [0.2, 0.25) is 0 Å². The van der Waals surface area contributed by atoms with Crippen molar-refractivity contribution in [2.24, 2.45) is 11.3 Å². The number of aryl methyl sites for hydroxylation is 1. The number of ether oxygens (including phenoxy) is 1. The second kappa shape index (κ2) is 5.27. The average molecular weight is 309 g/mol. The molecule has 3 rings (SSSR count). The van der Waals surface area contributed by atoms with Crippen LogP contribution < -0.4 is 4.74 Å². The molecule has 0 saturated heterocycles. The lowest BCUT2D eigenvalue weighted by Crippen LogP contribution is -2.24. The van der Waals surface area contributed by atoms with Crippen LogP contribution in [-0.2, 0) is 9.84 Å². The van der Waals surface area contributed by atoms with Crippen LogP contribution in [0.25, 0.3) is 0 Å². The Kier molecular flexibility index (Phi) is 3.72. The summed E-state index contributed by atoms with van der Waals surface area (Å²) in [7, 11) is -1.87. The largest absolute Gasteiger partial charge is 0.480 e. The van der Waals surface area contributed by atoms with Gasteiger partial charge < -0.3 is 4.74 Å². The number of methoxy groups -OCH3 is 1. The van der Waals surface area contributed by atoms with Gasteiger partial charge in [-0.15, -0.1) is 0 Å². The molecule has 5 heteroatoms. The van der Waals surface area contributed by atoms with E-state index in [0.29, 0.717) is 5.41 Å². The summed E-state index contributed by atoms with van der Waals surface area (Å²) in [5.74, 6) is 0.741.